The molecule has 0 aliphatic carbocycles. The Morgan fingerprint density at radius 1 is 1.00 bits per heavy atom. The summed E-state index contributed by atoms with van der Waals surface area (Å²) < 4.78 is 1.03. The van der Waals surface area contributed by atoms with Crippen LogP contribution >= 0.6 is 15.9 Å². The normalized spacial score (nSPS) is 10.7. The fourth-order valence-electron chi connectivity index (χ4n) is 2.08. The maximum Gasteiger partial charge on any atom is 0.326 e. The molecule has 0 spiro atoms. The van der Waals surface area contributed by atoms with E-state index in [1.807, 2.05) is 30.3 Å². The molecule has 0 saturated carbocycles. The van der Waals surface area contributed by atoms with Crippen LogP contribution in [0.3, 0.4) is 0 Å². The molecule has 1 heterocycles. The lowest BCUT2D eigenvalue weighted by Gasteiger charge is -2.07. The summed E-state index contributed by atoms with van der Waals surface area (Å²) in [6.45, 7) is 0.653. The Kier molecular flexibility index (Phi) is 3.62. The number of rotatable bonds is 3. The first-order chi connectivity index (χ1) is 10.1. The molecular formula is C15H12BrN3O2. The van der Waals surface area contributed by atoms with Crippen molar-refractivity contribution in [2.24, 2.45) is 0 Å². The van der Waals surface area contributed by atoms with E-state index in [1.54, 1.807) is 12.1 Å². The van der Waals surface area contributed by atoms with E-state index in [2.05, 4.69) is 31.2 Å². The summed E-state index contributed by atoms with van der Waals surface area (Å²) in [4.78, 5) is 27.8. The lowest BCUT2D eigenvalue weighted by Crippen LogP contribution is -2.21. The topological polar surface area (TPSA) is 77.8 Å². The molecule has 0 radical (unpaired) electrons. The van der Waals surface area contributed by atoms with Gasteiger partial charge in [-0.25, -0.2) is 4.79 Å². The second-order valence-corrected chi connectivity index (χ2v) is 5.56. The molecule has 0 aliphatic rings. The minimum Gasteiger partial charge on any atom is -0.381 e. The number of aromatic amines is 2. The quantitative estimate of drug-likeness (QED) is 0.682. The minimum atomic E-state index is -0.497. The molecule has 0 saturated heterocycles. The summed E-state index contributed by atoms with van der Waals surface area (Å²) in [5.74, 6) is 0. The third-order valence-electron chi connectivity index (χ3n) is 3.15. The van der Waals surface area contributed by atoms with Crippen molar-refractivity contribution in [3.05, 3.63) is 73.3 Å². The van der Waals surface area contributed by atoms with Crippen molar-refractivity contribution in [3.8, 4) is 0 Å². The van der Waals surface area contributed by atoms with E-state index in [0.29, 0.717) is 17.4 Å². The zero-order valence-electron chi connectivity index (χ0n) is 10.9. The van der Waals surface area contributed by atoms with Crippen molar-refractivity contribution in [2.75, 3.05) is 5.32 Å². The molecule has 0 bridgehead atoms. The molecule has 0 atom stereocenters. The first-order valence-corrected chi connectivity index (χ1v) is 7.16. The van der Waals surface area contributed by atoms with Gasteiger partial charge in [0.15, 0.2) is 0 Å². The first kappa shape index (κ1) is 13.6. The van der Waals surface area contributed by atoms with Crippen LogP contribution in [0.4, 0.5) is 5.69 Å². The van der Waals surface area contributed by atoms with E-state index in [9.17, 15) is 9.59 Å². The van der Waals surface area contributed by atoms with Gasteiger partial charge in [0, 0.05) is 16.7 Å². The summed E-state index contributed by atoms with van der Waals surface area (Å²) in [6, 6.07) is 13.3. The summed E-state index contributed by atoms with van der Waals surface area (Å²) in [7, 11) is 0. The molecule has 21 heavy (non-hydrogen) atoms. The molecule has 0 amide bonds. The number of hydrogen-bond acceptors (Lipinski definition) is 3. The smallest absolute Gasteiger partial charge is 0.326 e. The maximum atomic E-state index is 11.8. The van der Waals surface area contributed by atoms with Crippen molar-refractivity contribution < 1.29 is 0 Å². The molecular weight excluding hydrogens is 334 g/mol. The molecule has 3 N–H and O–H groups in total. The average molecular weight is 346 g/mol. The largest absolute Gasteiger partial charge is 0.381 e. The highest BCUT2D eigenvalue weighted by molar-refractivity contribution is 9.10. The van der Waals surface area contributed by atoms with E-state index in [-0.39, 0.29) is 5.56 Å². The molecule has 0 aliphatic heterocycles. The number of aromatic nitrogens is 2. The fourth-order valence-corrected chi connectivity index (χ4v) is 2.35. The molecule has 2 aromatic carbocycles. The van der Waals surface area contributed by atoms with Gasteiger partial charge in [0.1, 0.15) is 0 Å². The van der Waals surface area contributed by atoms with E-state index >= 15 is 0 Å². The Labute approximate surface area is 128 Å². The Morgan fingerprint density at radius 2 is 1.76 bits per heavy atom. The van der Waals surface area contributed by atoms with Gasteiger partial charge in [-0.3, -0.25) is 9.78 Å². The number of nitrogens with one attached hydrogen (secondary N) is 3. The van der Waals surface area contributed by atoms with E-state index in [4.69, 9.17) is 0 Å². The van der Waals surface area contributed by atoms with Crippen LogP contribution in [0.15, 0.2) is 56.5 Å². The van der Waals surface area contributed by atoms with Crippen LogP contribution in [-0.2, 0) is 6.54 Å². The zero-order chi connectivity index (χ0) is 14.8. The molecule has 1 aromatic heterocycles. The van der Waals surface area contributed by atoms with Gasteiger partial charge in [0.05, 0.1) is 10.9 Å². The highest BCUT2D eigenvalue weighted by atomic mass is 79.9. The van der Waals surface area contributed by atoms with Gasteiger partial charge in [-0.1, -0.05) is 28.1 Å². The number of benzene rings is 2. The molecule has 0 fully saturated rings. The predicted molar refractivity (Wildman–Crippen MR) is 86.7 cm³/mol. The summed E-state index contributed by atoms with van der Waals surface area (Å²) in [5.41, 5.74) is 1.60. The standard InChI is InChI=1S/C15H12BrN3O2/c16-10-3-1-9(2-4-10)8-17-11-5-6-13-12(7-11)14(20)19-15(21)18-13/h1-7,17H,8H2,(H2,18,19,20,21). The second kappa shape index (κ2) is 5.57. The zero-order valence-corrected chi connectivity index (χ0v) is 12.5. The Morgan fingerprint density at radius 3 is 2.52 bits per heavy atom. The van der Waals surface area contributed by atoms with Gasteiger partial charge in [-0.15, -0.1) is 0 Å². The third kappa shape index (κ3) is 3.05. The van der Waals surface area contributed by atoms with Crippen LogP contribution in [0.25, 0.3) is 10.9 Å². The highest BCUT2D eigenvalue weighted by Gasteiger charge is 2.02. The molecule has 3 aromatic rings. The van der Waals surface area contributed by atoms with E-state index < -0.39 is 5.69 Å². The average Bonchev–Trinajstić information content (AvgIpc) is 2.47. The maximum absolute atomic E-state index is 11.8. The van der Waals surface area contributed by atoms with Crippen LogP contribution in [0.5, 0.6) is 0 Å². The molecule has 106 valence electrons. The number of fused-ring (bicyclic) bond motifs is 1. The van der Waals surface area contributed by atoms with Gasteiger partial charge in [0.2, 0.25) is 0 Å². The van der Waals surface area contributed by atoms with Crippen molar-refractivity contribution in [1.82, 2.24) is 9.97 Å². The number of hydrogen-bond donors (Lipinski definition) is 3. The molecule has 3 rings (SSSR count). The Balaban J connectivity index is 1.86. The second-order valence-electron chi connectivity index (χ2n) is 4.65. The van der Waals surface area contributed by atoms with Gasteiger partial charge >= 0.3 is 5.69 Å². The van der Waals surface area contributed by atoms with E-state index in [0.717, 1.165) is 15.7 Å². The Bertz CT molecular complexity index is 897. The molecule has 0 unspecified atom stereocenters. The summed E-state index contributed by atoms with van der Waals surface area (Å²) in [5, 5.41) is 3.71. The number of halogens is 1. The Hall–Kier alpha value is -2.34. The third-order valence-corrected chi connectivity index (χ3v) is 3.68. The summed E-state index contributed by atoms with van der Waals surface area (Å²) >= 11 is 3.39. The van der Waals surface area contributed by atoms with Crippen LogP contribution in [0.2, 0.25) is 0 Å². The number of H-pyrrole nitrogens is 2. The molecule has 5 nitrogen and oxygen atoms in total. The van der Waals surface area contributed by atoms with Crippen molar-refractivity contribution in [3.63, 3.8) is 0 Å². The fraction of sp³-hybridized carbons (Fsp3) is 0.0667. The van der Waals surface area contributed by atoms with E-state index in [1.165, 1.54) is 0 Å². The van der Waals surface area contributed by atoms with Crippen LogP contribution in [-0.4, -0.2) is 9.97 Å². The van der Waals surface area contributed by atoms with Gasteiger partial charge in [-0.2, -0.15) is 0 Å². The van der Waals surface area contributed by atoms with Gasteiger partial charge in [0.25, 0.3) is 5.56 Å². The number of anilines is 1. The van der Waals surface area contributed by atoms with Crippen LogP contribution in [0.1, 0.15) is 5.56 Å². The molecule has 6 heteroatoms. The highest BCUT2D eigenvalue weighted by Crippen LogP contribution is 2.15. The van der Waals surface area contributed by atoms with Gasteiger partial charge < -0.3 is 10.3 Å². The first-order valence-electron chi connectivity index (χ1n) is 6.36. The predicted octanol–water partition coefficient (Wildman–Crippen LogP) is 2.59. The monoisotopic (exact) mass is 345 g/mol. The van der Waals surface area contributed by atoms with Crippen molar-refractivity contribution >= 4 is 32.5 Å². The lowest BCUT2D eigenvalue weighted by molar-refractivity contribution is 1.08. The minimum absolute atomic E-state index is 0.388. The van der Waals surface area contributed by atoms with Crippen molar-refractivity contribution in [2.45, 2.75) is 6.54 Å². The van der Waals surface area contributed by atoms with Crippen LogP contribution in [0, 0.1) is 0 Å². The van der Waals surface area contributed by atoms with Gasteiger partial charge in [-0.05, 0) is 35.9 Å². The van der Waals surface area contributed by atoms with Crippen LogP contribution < -0.4 is 16.6 Å². The summed E-state index contributed by atoms with van der Waals surface area (Å²) in [6.07, 6.45) is 0. The SMILES string of the molecule is O=c1[nH]c(=O)c2cc(NCc3ccc(Br)cc3)ccc2[nH]1. The lowest BCUT2D eigenvalue weighted by atomic mass is 10.2. The van der Waals surface area contributed by atoms with Crippen molar-refractivity contribution in [1.29, 1.82) is 0 Å².